The van der Waals surface area contributed by atoms with Crippen LogP contribution in [-0.2, 0) is 12.8 Å². The molecule has 1 heterocycles. The lowest BCUT2D eigenvalue weighted by Crippen LogP contribution is -2.23. The van der Waals surface area contributed by atoms with Gasteiger partial charge in [0.1, 0.15) is 12.2 Å². The van der Waals surface area contributed by atoms with Gasteiger partial charge in [-0.25, -0.2) is 4.98 Å². The van der Waals surface area contributed by atoms with Crippen LogP contribution in [0.5, 0.6) is 0 Å². The molecule has 1 rings (SSSR count). The number of rotatable bonds is 3. The van der Waals surface area contributed by atoms with Crippen LogP contribution in [0.4, 0.5) is 13.2 Å². The molecule has 1 aromatic heterocycles. The molecule has 0 atom stereocenters. The number of aromatic amines is 1. The average Bonchev–Trinajstić information content (AvgIpc) is 2.09. The van der Waals surface area contributed by atoms with E-state index in [-0.39, 0.29) is 11.7 Å². The van der Waals surface area contributed by atoms with E-state index in [0.717, 1.165) is 0 Å². The quantitative estimate of drug-likeness (QED) is 0.843. The molecule has 0 saturated heterocycles. The first-order valence-electron chi connectivity index (χ1n) is 5.03. The van der Waals surface area contributed by atoms with Crippen LogP contribution in [0, 0.1) is 9.49 Å². The smallest absolute Gasteiger partial charge is 0.309 e. The summed E-state index contributed by atoms with van der Waals surface area (Å²) in [7, 11) is 0. The molecule has 0 unspecified atom stereocenters. The minimum Gasteiger partial charge on any atom is -0.309 e. The molecule has 0 spiro atoms. The van der Waals surface area contributed by atoms with Gasteiger partial charge < -0.3 is 4.98 Å². The topological polar surface area (TPSA) is 45.8 Å². The van der Waals surface area contributed by atoms with Gasteiger partial charge in [0.2, 0.25) is 0 Å². The van der Waals surface area contributed by atoms with Gasteiger partial charge in [0.25, 0.3) is 5.56 Å². The Morgan fingerprint density at radius 1 is 1.41 bits per heavy atom. The van der Waals surface area contributed by atoms with E-state index in [1.807, 2.05) is 13.8 Å². The first-order chi connectivity index (χ1) is 7.69. The van der Waals surface area contributed by atoms with E-state index in [4.69, 9.17) is 0 Å². The van der Waals surface area contributed by atoms with Crippen molar-refractivity contribution in [3.8, 4) is 0 Å². The summed E-state index contributed by atoms with van der Waals surface area (Å²) in [5.74, 6) is -0.0879. The van der Waals surface area contributed by atoms with Crippen LogP contribution in [0.15, 0.2) is 4.79 Å². The molecule has 0 aromatic carbocycles. The molecule has 0 fully saturated rings. The highest BCUT2D eigenvalue weighted by Crippen LogP contribution is 2.19. The number of H-pyrrole nitrogens is 1. The maximum atomic E-state index is 12.2. The van der Waals surface area contributed by atoms with E-state index in [2.05, 4.69) is 9.97 Å². The first-order valence-corrected chi connectivity index (χ1v) is 6.11. The summed E-state index contributed by atoms with van der Waals surface area (Å²) in [6.07, 6.45) is -5.07. The van der Waals surface area contributed by atoms with Gasteiger partial charge in [-0.3, -0.25) is 4.79 Å². The highest BCUT2D eigenvalue weighted by Gasteiger charge is 2.29. The Kier molecular flexibility index (Phi) is 4.56. The minimum atomic E-state index is -4.36. The molecule has 7 heteroatoms. The van der Waals surface area contributed by atoms with Crippen LogP contribution in [0.25, 0.3) is 0 Å². The van der Waals surface area contributed by atoms with E-state index in [1.165, 1.54) is 0 Å². The highest BCUT2D eigenvalue weighted by molar-refractivity contribution is 14.1. The van der Waals surface area contributed by atoms with E-state index >= 15 is 0 Å². The van der Waals surface area contributed by atoms with Crippen LogP contribution >= 0.6 is 22.6 Å². The number of hydrogen-bond acceptors (Lipinski definition) is 2. The lowest BCUT2D eigenvalue weighted by atomic mass is 10.1. The third kappa shape index (κ3) is 4.64. The Morgan fingerprint density at radius 2 is 2.00 bits per heavy atom. The maximum Gasteiger partial charge on any atom is 0.396 e. The van der Waals surface area contributed by atoms with Gasteiger partial charge in [0, 0.05) is 0 Å². The number of nitrogens with zero attached hydrogens (tertiary/aromatic N) is 1. The zero-order valence-corrected chi connectivity index (χ0v) is 11.5. The van der Waals surface area contributed by atoms with Crippen molar-refractivity contribution in [3.05, 3.63) is 25.4 Å². The van der Waals surface area contributed by atoms with Gasteiger partial charge in [-0.1, -0.05) is 13.8 Å². The molecule has 0 aliphatic rings. The third-order valence-corrected chi connectivity index (χ3v) is 3.06. The highest BCUT2D eigenvalue weighted by atomic mass is 127. The normalized spacial score (nSPS) is 12.2. The van der Waals surface area contributed by atoms with Gasteiger partial charge >= 0.3 is 6.18 Å². The lowest BCUT2D eigenvalue weighted by Gasteiger charge is -2.10. The lowest BCUT2D eigenvalue weighted by molar-refractivity contribution is -0.128. The van der Waals surface area contributed by atoms with E-state index < -0.39 is 18.2 Å². The van der Waals surface area contributed by atoms with E-state index in [1.54, 1.807) is 22.6 Å². The number of nitrogens with one attached hydrogen (secondary N) is 1. The summed E-state index contributed by atoms with van der Waals surface area (Å²) >= 11 is 1.80. The first kappa shape index (κ1) is 14.5. The molecule has 0 saturated carbocycles. The Labute approximate surface area is 110 Å². The van der Waals surface area contributed by atoms with Crippen molar-refractivity contribution in [2.24, 2.45) is 5.92 Å². The molecule has 1 aromatic rings. The molecule has 96 valence electrons. The Morgan fingerprint density at radius 3 is 2.47 bits per heavy atom. The van der Waals surface area contributed by atoms with Crippen molar-refractivity contribution in [2.75, 3.05) is 0 Å². The summed E-state index contributed by atoms with van der Waals surface area (Å²) in [5.41, 5.74) is -0.0703. The molecule has 0 bridgehead atoms. The summed E-state index contributed by atoms with van der Waals surface area (Å²) in [4.78, 5) is 17.5. The van der Waals surface area contributed by atoms with Crippen LogP contribution < -0.4 is 5.56 Å². The zero-order valence-electron chi connectivity index (χ0n) is 9.36. The number of aromatic nitrogens is 2. The van der Waals surface area contributed by atoms with Gasteiger partial charge in [-0.2, -0.15) is 13.2 Å². The van der Waals surface area contributed by atoms with E-state index in [0.29, 0.717) is 15.7 Å². The second-order valence-electron chi connectivity index (χ2n) is 4.16. The molecule has 0 aliphatic heterocycles. The fourth-order valence-electron chi connectivity index (χ4n) is 1.35. The van der Waals surface area contributed by atoms with Crippen LogP contribution in [0.3, 0.4) is 0 Å². The second kappa shape index (κ2) is 5.36. The van der Waals surface area contributed by atoms with E-state index in [9.17, 15) is 18.0 Å². The predicted octanol–water partition coefficient (Wildman–Crippen LogP) is 2.68. The molecule has 0 radical (unpaired) electrons. The summed E-state index contributed by atoms with van der Waals surface area (Å²) < 4.78 is 37.0. The number of hydrogen-bond donors (Lipinski definition) is 1. The monoisotopic (exact) mass is 360 g/mol. The fraction of sp³-hybridized carbons (Fsp3) is 0.600. The SMILES string of the molecule is CC(C)Cc1nc(CC(F)(F)F)[nH]c(=O)c1I. The zero-order chi connectivity index (χ0) is 13.2. The Balaban J connectivity index is 3.10. The van der Waals surface area contributed by atoms with Gasteiger partial charge in [-0.05, 0) is 34.9 Å². The molecule has 0 aliphatic carbocycles. The number of halogens is 4. The van der Waals surface area contributed by atoms with Crippen molar-refractivity contribution in [2.45, 2.75) is 32.9 Å². The third-order valence-electron chi connectivity index (χ3n) is 1.95. The Bertz CT molecular complexity index is 454. The van der Waals surface area contributed by atoms with Gasteiger partial charge in [-0.15, -0.1) is 0 Å². The molecule has 0 amide bonds. The summed E-state index contributed by atoms with van der Waals surface area (Å²) in [6, 6.07) is 0. The van der Waals surface area contributed by atoms with Gasteiger partial charge in [0.15, 0.2) is 0 Å². The van der Waals surface area contributed by atoms with Crippen molar-refractivity contribution in [3.63, 3.8) is 0 Å². The van der Waals surface area contributed by atoms with Crippen LogP contribution in [0.2, 0.25) is 0 Å². The van der Waals surface area contributed by atoms with Crippen LogP contribution in [-0.4, -0.2) is 16.1 Å². The molecular weight excluding hydrogens is 348 g/mol. The largest absolute Gasteiger partial charge is 0.396 e. The molecule has 17 heavy (non-hydrogen) atoms. The predicted molar refractivity (Wildman–Crippen MR) is 65.9 cm³/mol. The van der Waals surface area contributed by atoms with Crippen molar-refractivity contribution in [1.82, 2.24) is 9.97 Å². The standard InChI is InChI=1S/C10H12F3IN2O/c1-5(2)3-6-8(14)9(17)16-7(15-6)4-10(11,12)13/h5H,3-4H2,1-2H3,(H,15,16,17). The maximum absolute atomic E-state index is 12.2. The summed E-state index contributed by atoms with van der Waals surface area (Å²) in [5, 5.41) is 0. The fourth-order valence-corrected chi connectivity index (χ4v) is 1.83. The van der Waals surface area contributed by atoms with Crippen molar-refractivity contribution in [1.29, 1.82) is 0 Å². The van der Waals surface area contributed by atoms with Gasteiger partial charge in [0.05, 0.1) is 9.26 Å². The van der Waals surface area contributed by atoms with Crippen molar-refractivity contribution >= 4 is 22.6 Å². The van der Waals surface area contributed by atoms with Crippen LogP contribution in [0.1, 0.15) is 25.4 Å². The minimum absolute atomic E-state index is 0.233. The second-order valence-corrected chi connectivity index (χ2v) is 5.24. The molecule has 1 N–H and O–H groups in total. The Hall–Kier alpha value is -0.600. The molecular formula is C10H12F3IN2O. The number of alkyl halides is 3. The van der Waals surface area contributed by atoms with Crippen molar-refractivity contribution < 1.29 is 13.2 Å². The summed E-state index contributed by atoms with van der Waals surface area (Å²) in [6.45, 7) is 3.84. The average molecular weight is 360 g/mol. The molecule has 3 nitrogen and oxygen atoms in total.